The van der Waals surface area contributed by atoms with E-state index in [1.165, 1.54) is 25.7 Å². The molecular weight excluding hydrogens is 458 g/mol. The van der Waals surface area contributed by atoms with Crippen molar-refractivity contribution in [2.24, 2.45) is 0 Å². The van der Waals surface area contributed by atoms with E-state index >= 15 is 0 Å². The minimum absolute atomic E-state index is 0.308. The summed E-state index contributed by atoms with van der Waals surface area (Å²) in [5.74, 6) is 0.854. The number of benzene rings is 4. The molecule has 0 radical (unpaired) electrons. The number of hydrogen-bond acceptors (Lipinski definition) is 4. The van der Waals surface area contributed by atoms with Gasteiger partial charge in [-0.05, 0) is 47.0 Å². The van der Waals surface area contributed by atoms with E-state index in [2.05, 4.69) is 48.6 Å². The summed E-state index contributed by atoms with van der Waals surface area (Å²) in [7, 11) is 0. The van der Waals surface area contributed by atoms with Crippen LogP contribution in [0.4, 0.5) is 5.69 Å². The first kappa shape index (κ1) is 23.4. The highest BCUT2D eigenvalue weighted by molar-refractivity contribution is 6.11. The fraction of sp³-hybridized carbons (Fsp3) is 0.242. The van der Waals surface area contributed by atoms with Crippen LogP contribution in [0.3, 0.4) is 0 Å². The Morgan fingerprint density at radius 1 is 0.784 bits per heavy atom. The van der Waals surface area contributed by atoms with Gasteiger partial charge in [-0.1, -0.05) is 93.3 Å². The quantitative estimate of drug-likeness (QED) is 0.175. The SMILES string of the molecule is CCCCCCCOc1ccc([C@H]2Nc3ccc4ccccc4c3-c3c2c(=O)oc2ccccc32)cc1. The van der Waals surface area contributed by atoms with Crippen LogP contribution in [0.1, 0.15) is 56.2 Å². The van der Waals surface area contributed by atoms with Crippen molar-refractivity contribution in [1.29, 1.82) is 0 Å². The number of para-hydroxylation sites is 1. The molecule has 6 rings (SSSR count). The minimum Gasteiger partial charge on any atom is -0.494 e. The lowest BCUT2D eigenvalue weighted by atomic mass is 9.83. The van der Waals surface area contributed by atoms with Gasteiger partial charge in [-0.3, -0.25) is 0 Å². The highest BCUT2D eigenvalue weighted by Gasteiger charge is 2.32. The molecule has 2 heterocycles. The molecule has 0 aliphatic carbocycles. The summed E-state index contributed by atoms with van der Waals surface area (Å²) in [5.41, 5.74) is 4.96. The van der Waals surface area contributed by atoms with Crippen LogP contribution in [-0.4, -0.2) is 6.61 Å². The molecule has 4 aromatic carbocycles. The zero-order valence-corrected chi connectivity index (χ0v) is 21.1. The van der Waals surface area contributed by atoms with Crippen LogP contribution in [0, 0.1) is 0 Å². The molecule has 1 N–H and O–H groups in total. The molecule has 0 saturated carbocycles. The van der Waals surface area contributed by atoms with Crippen molar-refractivity contribution in [3.63, 3.8) is 0 Å². The summed E-state index contributed by atoms with van der Waals surface area (Å²) >= 11 is 0. The van der Waals surface area contributed by atoms with Gasteiger partial charge in [-0.25, -0.2) is 4.79 Å². The summed E-state index contributed by atoms with van der Waals surface area (Å²) in [6.07, 6.45) is 6.06. The first-order valence-electron chi connectivity index (χ1n) is 13.3. The lowest BCUT2D eigenvalue weighted by Crippen LogP contribution is -2.25. The van der Waals surface area contributed by atoms with Crippen LogP contribution in [0.2, 0.25) is 0 Å². The number of unbranched alkanes of at least 4 members (excludes halogenated alkanes) is 4. The maximum atomic E-state index is 13.5. The Morgan fingerprint density at radius 2 is 1.54 bits per heavy atom. The van der Waals surface area contributed by atoms with Crippen molar-refractivity contribution in [2.75, 3.05) is 11.9 Å². The van der Waals surface area contributed by atoms with Gasteiger partial charge in [-0.15, -0.1) is 0 Å². The number of fused-ring (bicyclic) bond motifs is 7. The van der Waals surface area contributed by atoms with Crippen molar-refractivity contribution in [1.82, 2.24) is 0 Å². The Kier molecular flexibility index (Phi) is 6.40. The predicted molar refractivity (Wildman–Crippen MR) is 152 cm³/mol. The number of hydrogen-bond donors (Lipinski definition) is 1. The predicted octanol–water partition coefficient (Wildman–Crippen LogP) is 8.48. The maximum Gasteiger partial charge on any atom is 0.342 e. The van der Waals surface area contributed by atoms with Crippen LogP contribution in [0.5, 0.6) is 5.75 Å². The van der Waals surface area contributed by atoms with E-state index in [0.29, 0.717) is 11.1 Å². The normalized spacial score (nSPS) is 14.2. The van der Waals surface area contributed by atoms with Crippen LogP contribution in [0.25, 0.3) is 32.9 Å². The number of anilines is 1. The van der Waals surface area contributed by atoms with E-state index in [1.54, 1.807) is 0 Å². The summed E-state index contributed by atoms with van der Waals surface area (Å²) in [4.78, 5) is 13.5. The Morgan fingerprint density at radius 3 is 2.38 bits per heavy atom. The molecule has 186 valence electrons. The lowest BCUT2D eigenvalue weighted by Gasteiger charge is -2.30. The third-order valence-electron chi connectivity index (χ3n) is 7.35. The molecule has 1 aliphatic heterocycles. The fourth-order valence-electron chi connectivity index (χ4n) is 5.49. The average molecular weight is 490 g/mol. The smallest absolute Gasteiger partial charge is 0.342 e. The number of ether oxygens (including phenoxy) is 1. The minimum atomic E-state index is -0.326. The second-order valence-corrected chi connectivity index (χ2v) is 9.79. The first-order chi connectivity index (χ1) is 18.2. The van der Waals surface area contributed by atoms with Gasteiger partial charge < -0.3 is 14.5 Å². The Labute approximate surface area is 216 Å². The van der Waals surface area contributed by atoms with Gasteiger partial charge >= 0.3 is 5.63 Å². The van der Waals surface area contributed by atoms with Crippen LogP contribution in [-0.2, 0) is 0 Å². The average Bonchev–Trinajstić information content (AvgIpc) is 2.94. The molecule has 1 atom stereocenters. The monoisotopic (exact) mass is 489 g/mol. The van der Waals surface area contributed by atoms with E-state index < -0.39 is 0 Å². The fourth-order valence-corrected chi connectivity index (χ4v) is 5.49. The van der Waals surface area contributed by atoms with E-state index in [0.717, 1.165) is 57.3 Å². The molecule has 0 spiro atoms. The Hall–Kier alpha value is -4.05. The van der Waals surface area contributed by atoms with Gasteiger partial charge in [0.15, 0.2) is 0 Å². The molecular formula is C33H31NO3. The van der Waals surface area contributed by atoms with Gasteiger partial charge in [0.25, 0.3) is 0 Å². The van der Waals surface area contributed by atoms with E-state index in [4.69, 9.17) is 9.15 Å². The molecule has 1 aromatic heterocycles. The van der Waals surface area contributed by atoms with Crippen molar-refractivity contribution < 1.29 is 9.15 Å². The van der Waals surface area contributed by atoms with Crippen molar-refractivity contribution >= 4 is 27.4 Å². The molecule has 0 amide bonds. The second-order valence-electron chi connectivity index (χ2n) is 9.79. The van der Waals surface area contributed by atoms with Gasteiger partial charge in [0.05, 0.1) is 18.2 Å². The summed E-state index contributed by atoms with van der Waals surface area (Å²) in [6, 6.07) is 28.2. The standard InChI is InChI=1S/C33H31NO3/c1-2-3-4-5-10-21-36-24-18-15-23(16-19-24)32-31-30(26-13-8-9-14-28(26)37-33(31)35)29-25-12-7-6-11-22(25)17-20-27(29)34-32/h6-9,11-20,32,34H,2-5,10,21H2,1H3/t32-/m1/s1. The number of rotatable bonds is 8. The highest BCUT2D eigenvalue weighted by atomic mass is 16.5. The van der Waals surface area contributed by atoms with Crippen molar-refractivity contribution in [2.45, 2.75) is 45.1 Å². The molecule has 0 unspecified atom stereocenters. The summed E-state index contributed by atoms with van der Waals surface area (Å²) in [5, 5.41) is 6.86. The van der Waals surface area contributed by atoms with Gasteiger partial charge in [0, 0.05) is 22.2 Å². The van der Waals surface area contributed by atoms with Crippen molar-refractivity contribution in [3.05, 3.63) is 106 Å². The third kappa shape index (κ3) is 4.37. The largest absolute Gasteiger partial charge is 0.494 e. The summed E-state index contributed by atoms with van der Waals surface area (Å²) < 4.78 is 11.8. The number of nitrogens with one attached hydrogen (secondary N) is 1. The third-order valence-corrected chi connectivity index (χ3v) is 7.35. The second kappa shape index (κ2) is 10.1. The zero-order chi connectivity index (χ0) is 25.2. The maximum absolute atomic E-state index is 13.5. The Bertz CT molecular complexity index is 1620. The molecule has 4 heteroatoms. The highest BCUT2D eigenvalue weighted by Crippen LogP contribution is 2.47. The molecule has 0 bridgehead atoms. The first-order valence-corrected chi connectivity index (χ1v) is 13.3. The van der Waals surface area contributed by atoms with Crippen LogP contribution < -0.4 is 15.7 Å². The zero-order valence-electron chi connectivity index (χ0n) is 21.1. The molecule has 37 heavy (non-hydrogen) atoms. The van der Waals surface area contributed by atoms with Gasteiger partial charge in [0.2, 0.25) is 0 Å². The molecule has 0 fully saturated rings. The van der Waals surface area contributed by atoms with Gasteiger partial charge in [-0.2, -0.15) is 0 Å². The molecule has 1 aliphatic rings. The Balaban J connectivity index is 1.40. The topological polar surface area (TPSA) is 51.5 Å². The molecule has 4 nitrogen and oxygen atoms in total. The van der Waals surface area contributed by atoms with E-state index in [1.807, 2.05) is 48.5 Å². The molecule has 0 saturated heterocycles. The summed E-state index contributed by atoms with van der Waals surface area (Å²) in [6.45, 7) is 2.95. The van der Waals surface area contributed by atoms with Gasteiger partial charge in [0.1, 0.15) is 11.3 Å². The molecule has 5 aromatic rings. The van der Waals surface area contributed by atoms with Crippen molar-refractivity contribution in [3.8, 4) is 16.9 Å². The van der Waals surface area contributed by atoms with E-state index in [9.17, 15) is 4.79 Å². The lowest BCUT2D eigenvalue weighted by molar-refractivity contribution is 0.304. The van der Waals surface area contributed by atoms with Crippen LogP contribution >= 0.6 is 0 Å². The van der Waals surface area contributed by atoms with Crippen LogP contribution in [0.15, 0.2) is 94.1 Å². The van der Waals surface area contributed by atoms with E-state index in [-0.39, 0.29) is 11.7 Å².